The number of hydrogen-bond donors (Lipinski definition) is 4. The van der Waals surface area contributed by atoms with Crippen LogP contribution >= 0.6 is 0 Å². The van der Waals surface area contributed by atoms with Gasteiger partial charge in [-0.25, -0.2) is 19.2 Å². The molecular weight excluding hydrogens is 850 g/mol. The quantitative estimate of drug-likeness (QED) is 0.0924. The van der Waals surface area contributed by atoms with Crippen molar-refractivity contribution in [3.8, 4) is 11.3 Å². The molecule has 0 radical (unpaired) electrons. The van der Waals surface area contributed by atoms with Crippen LogP contribution in [0.1, 0.15) is 81.0 Å². The highest BCUT2D eigenvalue weighted by molar-refractivity contribution is 6.04. The van der Waals surface area contributed by atoms with E-state index in [1.54, 1.807) is 60.8 Å². The molecule has 2 atom stereocenters. The first-order valence-electron chi connectivity index (χ1n) is 22.0. The number of aromatic nitrogens is 4. The molecule has 8 rings (SSSR count). The molecule has 18 nitrogen and oxygen atoms in total. The molecule has 0 saturated carbocycles. The van der Waals surface area contributed by atoms with Crippen molar-refractivity contribution < 1.29 is 37.9 Å². The third-order valence-corrected chi connectivity index (χ3v) is 12.0. The van der Waals surface area contributed by atoms with Gasteiger partial charge in [0.1, 0.15) is 11.9 Å². The predicted octanol–water partition coefficient (Wildman–Crippen LogP) is 3.62. The number of halogens is 1. The first-order valence-corrected chi connectivity index (χ1v) is 22.0. The zero-order valence-electron chi connectivity index (χ0n) is 36.1. The fraction of sp³-hybridized carbons (Fsp3) is 0.340. The van der Waals surface area contributed by atoms with E-state index in [1.807, 2.05) is 15.8 Å². The summed E-state index contributed by atoms with van der Waals surface area (Å²) in [5.74, 6) is -3.62. The van der Waals surface area contributed by atoms with Gasteiger partial charge in [0.2, 0.25) is 17.9 Å². The standard InChI is InChI=1S/C47H50FN11O7/c48-34-11-13-35(14-12-34)52-45(63)41(30-5-2-1-3-6-30)66-47(65)40-42(49)50-28-38(53-40)33-27-51-59(29-33)36-17-21-56(22-18-36)19-4-20-57-23-25-58(26-24-57)46(64)32-9-7-31(8-10-32)43(61)54-37-15-16-39(60)55-44(37)62/h1-3,5-14,27-29,36-37,41H,4,15-26H2,(H2,49,50)(H,52,63)(H,54,61)(H,55,60,62)/t37?,41-/m1/s1. The Balaban J connectivity index is 0.770. The number of carbonyl (C=O) groups is 6. The second kappa shape index (κ2) is 20.6. The molecule has 0 bridgehead atoms. The van der Waals surface area contributed by atoms with Crippen LogP contribution in [0.15, 0.2) is 97.5 Å². The lowest BCUT2D eigenvalue weighted by Gasteiger charge is -2.36. The smallest absolute Gasteiger partial charge is 0.361 e. The molecule has 3 fully saturated rings. The summed E-state index contributed by atoms with van der Waals surface area (Å²) in [6.45, 7) is 6.46. The molecule has 5 N–H and O–H groups in total. The number of nitrogens with zero attached hydrogens (tertiary/aromatic N) is 7. The van der Waals surface area contributed by atoms with Crippen LogP contribution in [-0.4, -0.2) is 128 Å². The van der Waals surface area contributed by atoms with Gasteiger partial charge in [-0.15, -0.1) is 0 Å². The van der Waals surface area contributed by atoms with Crippen LogP contribution in [-0.2, 0) is 19.1 Å². The minimum atomic E-state index is -1.37. The molecule has 5 amide bonds. The van der Waals surface area contributed by atoms with Crippen LogP contribution < -0.4 is 21.7 Å². The van der Waals surface area contributed by atoms with Crippen molar-refractivity contribution in [3.05, 3.63) is 126 Å². The number of piperidine rings is 2. The third kappa shape index (κ3) is 11.1. The Labute approximate surface area is 379 Å². The van der Waals surface area contributed by atoms with Crippen LogP contribution in [0.3, 0.4) is 0 Å². The summed E-state index contributed by atoms with van der Waals surface area (Å²) >= 11 is 0. The minimum Gasteiger partial charge on any atom is -0.442 e. The molecule has 0 spiro atoms. The molecule has 342 valence electrons. The van der Waals surface area contributed by atoms with Crippen molar-refractivity contribution in [1.82, 2.24) is 45.1 Å². The maximum Gasteiger partial charge on any atom is 0.361 e. The summed E-state index contributed by atoms with van der Waals surface area (Å²) in [4.78, 5) is 91.6. The van der Waals surface area contributed by atoms with Crippen LogP contribution in [0.25, 0.3) is 11.3 Å². The number of rotatable bonds is 14. The first kappa shape index (κ1) is 45.2. The number of nitrogens with two attached hydrogens (primary N) is 1. The molecule has 3 aliphatic heterocycles. The number of ether oxygens (including phenoxy) is 1. The van der Waals surface area contributed by atoms with E-state index in [0.717, 1.165) is 58.5 Å². The van der Waals surface area contributed by atoms with Gasteiger partial charge in [0.15, 0.2) is 11.5 Å². The Morgan fingerprint density at radius 2 is 1.52 bits per heavy atom. The van der Waals surface area contributed by atoms with Gasteiger partial charge in [0.05, 0.1) is 24.1 Å². The lowest BCUT2D eigenvalue weighted by Crippen LogP contribution is -2.52. The molecule has 19 heteroatoms. The third-order valence-electron chi connectivity index (χ3n) is 12.0. The highest BCUT2D eigenvalue weighted by Crippen LogP contribution is 2.27. The average Bonchev–Trinajstić information content (AvgIpc) is 3.83. The summed E-state index contributed by atoms with van der Waals surface area (Å²) < 4.78 is 21.1. The van der Waals surface area contributed by atoms with Gasteiger partial charge in [0.25, 0.3) is 17.7 Å². The number of imide groups is 1. The largest absolute Gasteiger partial charge is 0.442 e. The van der Waals surface area contributed by atoms with E-state index < -0.39 is 41.7 Å². The normalized spacial score (nSPS) is 17.7. The number of piperazine rings is 1. The SMILES string of the molecule is Nc1ncc(-c2cnn(C3CCN(CCCN4CCN(C(=O)c5ccc(C(=O)NC6CCC(=O)NC6=O)cc5)CC4)CC3)c2)nc1C(=O)O[C@@H](C(=O)Nc1ccc(F)cc1)c1ccccc1. The molecule has 2 aromatic heterocycles. The Morgan fingerprint density at radius 3 is 2.21 bits per heavy atom. The van der Waals surface area contributed by atoms with E-state index in [9.17, 15) is 33.2 Å². The van der Waals surface area contributed by atoms with Crippen LogP contribution in [0.5, 0.6) is 0 Å². The minimum absolute atomic E-state index is 0.0915. The van der Waals surface area contributed by atoms with Gasteiger partial charge < -0.3 is 30.9 Å². The van der Waals surface area contributed by atoms with Crippen molar-refractivity contribution in [2.24, 2.45) is 0 Å². The Hall–Kier alpha value is -7.38. The number of carbonyl (C=O) groups excluding carboxylic acids is 6. The fourth-order valence-electron chi connectivity index (χ4n) is 8.28. The summed E-state index contributed by atoms with van der Waals surface area (Å²) in [7, 11) is 0. The van der Waals surface area contributed by atoms with E-state index >= 15 is 0 Å². The number of amides is 5. The van der Waals surface area contributed by atoms with Gasteiger partial charge in [-0.1, -0.05) is 30.3 Å². The average molecular weight is 900 g/mol. The topological polar surface area (TPSA) is 227 Å². The molecule has 5 heterocycles. The van der Waals surface area contributed by atoms with Crippen LogP contribution in [0.2, 0.25) is 0 Å². The lowest BCUT2D eigenvalue weighted by atomic mass is 10.0. The summed E-state index contributed by atoms with van der Waals surface area (Å²) in [6.07, 6.45) is 6.86. The predicted molar refractivity (Wildman–Crippen MR) is 239 cm³/mol. The summed E-state index contributed by atoms with van der Waals surface area (Å²) in [5.41, 5.74) is 8.41. The second-order valence-corrected chi connectivity index (χ2v) is 16.5. The maximum atomic E-state index is 13.5. The summed E-state index contributed by atoms with van der Waals surface area (Å²) in [5, 5.41) is 12.2. The van der Waals surface area contributed by atoms with E-state index in [1.165, 1.54) is 30.5 Å². The van der Waals surface area contributed by atoms with Crippen molar-refractivity contribution in [3.63, 3.8) is 0 Å². The Kier molecular flexibility index (Phi) is 14.1. The van der Waals surface area contributed by atoms with Gasteiger partial charge in [-0.2, -0.15) is 5.10 Å². The Morgan fingerprint density at radius 1 is 0.833 bits per heavy atom. The molecule has 0 aliphatic carbocycles. The van der Waals surface area contributed by atoms with E-state index in [2.05, 4.69) is 40.8 Å². The first-order chi connectivity index (χ1) is 32.0. The zero-order valence-corrected chi connectivity index (χ0v) is 36.1. The van der Waals surface area contributed by atoms with Gasteiger partial charge in [-0.3, -0.25) is 38.9 Å². The zero-order chi connectivity index (χ0) is 46.2. The molecule has 3 aromatic carbocycles. The fourth-order valence-corrected chi connectivity index (χ4v) is 8.28. The van der Waals surface area contributed by atoms with Gasteiger partial charge in [0, 0.05) is 79.8 Å². The number of nitrogens with one attached hydrogen (secondary N) is 3. The van der Waals surface area contributed by atoms with Crippen LogP contribution in [0, 0.1) is 5.82 Å². The molecule has 3 aliphatic rings. The van der Waals surface area contributed by atoms with E-state index in [0.29, 0.717) is 46.7 Å². The highest BCUT2D eigenvalue weighted by Gasteiger charge is 2.31. The number of likely N-dealkylation sites (tertiary alicyclic amines) is 1. The number of esters is 1. The van der Waals surface area contributed by atoms with Crippen molar-refractivity contribution in [2.75, 3.05) is 63.4 Å². The summed E-state index contributed by atoms with van der Waals surface area (Å²) in [6, 6.07) is 19.5. The van der Waals surface area contributed by atoms with Crippen molar-refractivity contribution in [2.45, 2.75) is 50.3 Å². The van der Waals surface area contributed by atoms with Gasteiger partial charge >= 0.3 is 5.97 Å². The molecule has 3 saturated heterocycles. The number of hydrogen-bond acceptors (Lipinski definition) is 13. The highest BCUT2D eigenvalue weighted by atomic mass is 19.1. The number of nitrogen functional groups attached to an aromatic ring is 1. The van der Waals surface area contributed by atoms with Crippen molar-refractivity contribution in [1.29, 1.82) is 0 Å². The molecular formula is C47H50FN11O7. The Bertz CT molecular complexity index is 2560. The molecule has 66 heavy (non-hydrogen) atoms. The number of benzene rings is 3. The second-order valence-electron chi connectivity index (χ2n) is 16.5. The number of anilines is 2. The monoisotopic (exact) mass is 899 g/mol. The molecule has 1 unspecified atom stereocenters. The maximum absolute atomic E-state index is 13.5. The molecule has 5 aromatic rings. The van der Waals surface area contributed by atoms with E-state index in [-0.39, 0.29) is 42.2 Å². The van der Waals surface area contributed by atoms with Crippen LogP contribution in [0.4, 0.5) is 15.9 Å². The lowest BCUT2D eigenvalue weighted by molar-refractivity contribution is -0.134. The van der Waals surface area contributed by atoms with Gasteiger partial charge in [-0.05, 0) is 87.3 Å². The van der Waals surface area contributed by atoms with Crippen molar-refractivity contribution >= 4 is 47.0 Å². The van der Waals surface area contributed by atoms with E-state index in [4.69, 9.17) is 10.5 Å².